The summed E-state index contributed by atoms with van der Waals surface area (Å²) >= 11 is 0. The monoisotopic (exact) mass is 328 g/mol. The lowest BCUT2D eigenvalue weighted by atomic mass is 10.1. The Morgan fingerprint density at radius 3 is 2.13 bits per heavy atom. The molecule has 0 aromatic rings. The van der Waals surface area contributed by atoms with Gasteiger partial charge in [0.05, 0.1) is 6.61 Å². The molecule has 0 bridgehead atoms. The van der Waals surface area contributed by atoms with Crippen LogP contribution in [0.1, 0.15) is 84.0 Å². The van der Waals surface area contributed by atoms with Crippen molar-refractivity contribution >= 4 is 5.97 Å². The third-order valence-electron chi connectivity index (χ3n) is 3.79. The van der Waals surface area contributed by atoms with Crippen molar-refractivity contribution in [1.82, 2.24) is 0 Å². The molecule has 0 aromatic heterocycles. The number of rotatable bonds is 16. The fraction of sp³-hybridized carbons (Fsp3) is 0.842. The molecule has 0 radical (unpaired) electrons. The first-order valence-electron chi connectivity index (χ1n) is 9.30. The second-order valence-corrected chi connectivity index (χ2v) is 6.15. The number of hydrogen-bond acceptors (Lipinski definition) is 4. The molecule has 0 spiro atoms. The van der Waals surface area contributed by atoms with E-state index in [0.29, 0.717) is 6.42 Å². The lowest BCUT2D eigenvalue weighted by molar-refractivity contribution is -0.147. The van der Waals surface area contributed by atoms with Gasteiger partial charge in [-0.05, 0) is 32.1 Å². The van der Waals surface area contributed by atoms with Gasteiger partial charge < -0.3 is 14.9 Å². The molecule has 23 heavy (non-hydrogen) atoms. The molecule has 2 N–H and O–H groups in total. The first-order chi connectivity index (χ1) is 11.2. The van der Waals surface area contributed by atoms with E-state index in [2.05, 4.69) is 19.1 Å². The molecule has 0 saturated carbocycles. The maximum atomic E-state index is 11.3. The Morgan fingerprint density at radius 1 is 0.957 bits per heavy atom. The summed E-state index contributed by atoms with van der Waals surface area (Å²) in [6.07, 6.45) is 17.2. The number of ether oxygens (including phenoxy) is 1. The van der Waals surface area contributed by atoms with E-state index in [9.17, 15) is 4.79 Å². The van der Waals surface area contributed by atoms with Gasteiger partial charge in [0.25, 0.3) is 0 Å². The molecule has 0 aromatic carbocycles. The summed E-state index contributed by atoms with van der Waals surface area (Å²) in [6, 6.07) is 0. The van der Waals surface area contributed by atoms with Crippen molar-refractivity contribution in [2.75, 3.05) is 13.2 Å². The topological polar surface area (TPSA) is 66.8 Å². The van der Waals surface area contributed by atoms with Crippen molar-refractivity contribution in [1.29, 1.82) is 0 Å². The van der Waals surface area contributed by atoms with Crippen molar-refractivity contribution in [2.24, 2.45) is 0 Å². The Morgan fingerprint density at radius 2 is 1.52 bits per heavy atom. The second-order valence-electron chi connectivity index (χ2n) is 6.15. The molecule has 4 heteroatoms. The molecule has 0 aliphatic rings. The highest BCUT2D eigenvalue weighted by Gasteiger charge is 2.07. The average Bonchev–Trinajstić information content (AvgIpc) is 2.56. The van der Waals surface area contributed by atoms with Gasteiger partial charge in [-0.1, -0.05) is 57.6 Å². The normalized spacial score (nSPS) is 12.7. The molecule has 136 valence electrons. The maximum absolute atomic E-state index is 11.3. The van der Waals surface area contributed by atoms with E-state index in [1.54, 1.807) is 0 Å². The van der Waals surface area contributed by atoms with Crippen LogP contribution in [-0.2, 0) is 9.53 Å². The Bertz CT molecular complexity index is 289. The minimum atomic E-state index is -0.960. The summed E-state index contributed by atoms with van der Waals surface area (Å²) in [5.41, 5.74) is 0. The van der Waals surface area contributed by atoms with Crippen LogP contribution in [-0.4, -0.2) is 35.5 Å². The first kappa shape index (κ1) is 22.1. The third kappa shape index (κ3) is 17.3. The Kier molecular flexibility index (Phi) is 16.8. The Hall–Kier alpha value is -0.870. The fourth-order valence-electron chi connectivity index (χ4n) is 2.30. The van der Waals surface area contributed by atoms with Gasteiger partial charge >= 0.3 is 5.97 Å². The second kappa shape index (κ2) is 17.5. The van der Waals surface area contributed by atoms with Crippen molar-refractivity contribution in [3.8, 4) is 0 Å². The molecule has 0 saturated heterocycles. The third-order valence-corrected chi connectivity index (χ3v) is 3.79. The summed E-state index contributed by atoms with van der Waals surface area (Å²) < 4.78 is 4.84. The van der Waals surface area contributed by atoms with Crippen molar-refractivity contribution in [3.05, 3.63) is 12.2 Å². The number of unbranched alkanes of at least 4 members (excludes halogenated alkanes) is 9. The van der Waals surface area contributed by atoms with Gasteiger partial charge in [0.1, 0.15) is 12.7 Å². The highest BCUT2D eigenvalue weighted by molar-refractivity contribution is 5.69. The highest BCUT2D eigenvalue weighted by Crippen LogP contribution is 2.09. The van der Waals surface area contributed by atoms with Gasteiger partial charge in [-0.3, -0.25) is 4.79 Å². The van der Waals surface area contributed by atoms with Crippen molar-refractivity contribution in [2.45, 2.75) is 90.1 Å². The van der Waals surface area contributed by atoms with E-state index in [4.69, 9.17) is 14.9 Å². The number of carbonyl (C=O) groups excluding carboxylic acids is 1. The Labute approximate surface area is 141 Å². The summed E-state index contributed by atoms with van der Waals surface area (Å²) in [6.45, 7) is 1.75. The fourth-order valence-corrected chi connectivity index (χ4v) is 2.30. The zero-order chi connectivity index (χ0) is 17.2. The van der Waals surface area contributed by atoms with E-state index in [0.717, 1.165) is 25.7 Å². The molecule has 0 heterocycles. The SMILES string of the molecule is CCCCCC/C=C/CCCCCCCC(=O)OCC(O)CO. The van der Waals surface area contributed by atoms with E-state index in [-0.39, 0.29) is 19.2 Å². The highest BCUT2D eigenvalue weighted by atomic mass is 16.5. The van der Waals surface area contributed by atoms with Gasteiger partial charge in [-0.2, -0.15) is 0 Å². The molecule has 0 aliphatic heterocycles. The maximum Gasteiger partial charge on any atom is 0.305 e. The predicted molar refractivity (Wildman–Crippen MR) is 94.3 cm³/mol. The first-order valence-corrected chi connectivity index (χ1v) is 9.30. The lowest BCUT2D eigenvalue weighted by Gasteiger charge is -2.08. The summed E-state index contributed by atoms with van der Waals surface area (Å²) in [5.74, 6) is -0.288. The molecular formula is C19H36O4. The van der Waals surface area contributed by atoms with Crippen LogP contribution in [0.2, 0.25) is 0 Å². The van der Waals surface area contributed by atoms with Crippen LogP contribution >= 0.6 is 0 Å². The van der Waals surface area contributed by atoms with Gasteiger partial charge in [-0.15, -0.1) is 0 Å². The van der Waals surface area contributed by atoms with Crippen LogP contribution in [0.3, 0.4) is 0 Å². The van der Waals surface area contributed by atoms with E-state index in [1.165, 1.54) is 44.9 Å². The predicted octanol–water partition coefficient (Wildman–Crippen LogP) is 4.14. The van der Waals surface area contributed by atoms with Crippen molar-refractivity contribution < 1.29 is 19.7 Å². The average molecular weight is 328 g/mol. The molecule has 0 fully saturated rings. The molecule has 1 unspecified atom stereocenters. The standard InChI is InChI=1S/C19H36O4/c1-2-3-4-5-6-7-8-9-10-11-12-13-14-15-19(22)23-17-18(21)16-20/h7-8,18,20-21H,2-6,9-17H2,1H3/b8-7+. The zero-order valence-electron chi connectivity index (χ0n) is 14.8. The number of esters is 1. The summed E-state index contributed by atoms with van der Waals surface area (Å²) in [4.78, 5) is 11.3. The lowest BCUT2D eigenvalue weighted by Crippen LogP contribution is -2.21. The Balaban J connectivity index is 3.24. The van der Waals surface area contributed by atoms with Crippen molar-refractivity contribution in [3.63, 3.8) is 0 Å². The van der Waals surface area contributed by atoms with E-state index in [1.807, 2.05) is 0 Å². The quantitative estimate of drug-likeness (QED) is 0.254. The van der Waals surface area contributed by atoms with Crippen LogP contribution in [0.4, 0.5) is 0 Å². The van der Waals surface area contributed by atoms with Crippen LogP contribution in [0.5, 0.6) is 0 Å². The number of carbonyl (C=O) groups is 1. The molecule has 4 nitrogen and oxygen atoms in total. The van der Waals surface area contributed by atoms with Gasteiger partial charge in [0.15, 0.2) is 0 Å². The van der Waals surface area contributed by atoms with Gasteiger partial charge in [-0.25, -0.2) is 0 Å². The molecular weight excluding hydrogens is 292 g/mol. The number of aliphatic hydroxyl groups excluding tert-OH is 2. The molecule has 1 atom stereocenters. The van der Waals surface area contributed by atoms with Crippen LogP contribution in [0.15, 0.2) is 12.2 Å². The van der Waals surface area contributed by atoms with Crippen LogP contribution in [0.25, 0.3) is 0 Å². The molecule has 0 amide bonds. The van der Waals surface area contributed by atoms with Gasteiger partial charge in [0, 0.05) is 6.42 Å². The number of aliphatic hydroxyl groups is 2. The summed E-state index contributed by atoms with van der Waals surface area (Å²) in [7, 11) is 0. The zero-order valence-corrected chi connectivity index (χ0v) is 14.8. The minimum Gasteiger partial charge on any atom is -0.463 e. The number of hydrogen-bond donors (Lipinski definition) is 2. The largest absolute Gasteiger partial charge is 0.463 e. The van der Waals surface area contributed by atoms with Crippen LogP contribution in [0, 0.1) is 0 Å². The van der Waals surface area contributed by atoms with Crippen LogP contribution < -0.4 is 0 Å². The smallest absolute Gasteiger partial charge is 0.305 e. The number of allylic oxidation sites excluding steroid dienone is 2. The van der Waals surface area contributed by atoms with E-state index >= 15 is 0 Å². The molecule has 0 aliphatic carbocycles. The molecule has 0 rings (SSSR count). The van der Waals surface area contributed by atoms with Gasteiger partial charge in [0.2, 0.25) is 0 Å². The van der Waals surface area contributed by atoms with E-state index < -0.39 is 6.10 Å². The minimum absolute atomic E-state index is 0.111. The summed E-state index contributed by atoms with van der Waals surface area (Å²) in [5, 5.41) is 17.7.